The van der Waals surface area contributed by atoms with Crippen LogP contribution in [0.15, 0.2) is 0 Å². The molecule has 9 aliphatic rings. The van der Waals surface area contributed by atoms with Crippen LogP contribution < -0.4 is 0 Å². The third-order valence-corrected chi connectivity index (χ3v) is 25.4. The molecule has 0 aromatic heterocycles. The van der Waals surface area contributed by atoms with Crippen LogP contribution in [0.3, 0.4) is 0 Å². The van der Waals surface area contributed by atoms with Crippen molar-refractivity contribution in [2.24, 2.45) is 78.8 Å². The van der Waals surface area contributed by atoms with Crippen molar-refractivity contribution in [3.8, 4) is 0 Å². The molecule has 7 saturated heterocycles. The summed E-state index contributed by atoms with van der Waals surface area (Å²) in [7, 11) is 0. The van der Waals surface area contributed by atoms with Gasteiger partial charge in [0.15, 0.2) is 0 Å². The Morgan fingerprint density at radius 1 is 0.189 bits per heavy atom. The summed E-state index contributed by atoms with van der Waals surface area (Å²) in [5.41, 5.74) is 7.39. The lowest BCUT2D eigenvalue weighted by Crippen LogP contribution is -2.76. The zero-order valence-corrected chi connectivity index (χ0v) is 73.3. The third-order valence-electron chi connectivity index (χ3n) is 25.4. The highest BCUT2D eigenvalue weighted by molar-refractivity contribution is 5.11. The highest BCUT2D eigenvalue weighted by Crippen LogP contribution is 2.58. The second-order valence-corrected chi connectivity index (χ2v) is 47.9. The number of piperazine rings is 1. The molecule has 9 fully saturated rings. The highest BCUT2D eigenvalue weighted by atomic mass is 15.4. The summed E-state index contributed by atoms with van der Waals surface area (Å²) in [5.74, 6) is 5.62. The van der Waals surface area contributed by atoms with Gasteiger partial charge in [-0.05, 0) is 304 Å². The minimum Gasteiger partial charge on any atom is -0.298 e. The monoisotopic (exact) mass is 1340 g/mol. The first-order chi connectivity index (χ1) is 41.8. The molecule has 0 radical (unpaired) electrons. The van der Waals surface area contributed by atoms with Crippen molar-refractivity contribution in [1.29, 1.82) is 0 Å². The maximum atomic E-state index is 2.63. The van der Waals surface area contributed by atoms with Gasteiger partial charge in [0.25, 0.3) is 0 Å². The predicted octanol–water partition coefficient (Wildman–Crippen LogP) is 21.5. The van der Waals surface area contributed by atoms with Crippen LogP contribution in [0, 0.1) is 78.8 Å². The Morgan fingerprint density at radius 3 is 0.621 bits per heavy atom. The Kier molecular flexibility index (Phi) is 29.2. The maximum absolute atomic E-state index is 2.63. The summed E-state index contributed by atoms with van der Waals surface area (Å²) < 4.78 is 0. The van der Waals surface area contributed by atoms with Gasteiger partial charge in [-0.2, -0.15) is 0 Å². The van der Waals surface area contributed by atoms with Crippen molar-refractivity contribution in [1.82, 2.24) is 39.2 Å². The quantitative estimate of drug-likeness (QED) is 0.237. The smallest absolute Gasteiger partial charge is 0.0213 e. The SMILES string of the molecule is CC(C)(C)C1CC(C(C)(C)C)C1.CC(C)(C)C1CC2(C1)CN(C(C)(C)C)C2.CC(C)(C)C1CCN(C(C)(C)C)C1.CC(C)(C)C1CCN(C(C)(C)C)CC1.CC(C)(C)C1CN(C(C)(C)C)C1.CC(C)(C)N1CC2(C1)CN(C(C)(C)C)C2.CC(C)(C)N1CCN(C(C)(C)C)CC1. The normalized spacial score (nSPS) is 25.9. The van der Waals surface area contributed by atoms with Gasteiger partial charge in [-0.3, -0.25) is 39.2 Å². The minimum absolute atomic E-state index is 0.337. The standard InChI is InChI=1S/C14H27N.C13H26N2.C13H27N.C12H26N2.C12H25N.C12H24.C11H23N/c1-12(2,3)11-7-14(8-11)9-15(10-14)13(4,5)6;1-11(2,3)14-7-13(8-14)9-15(10-13)12(4,5)6;1-12(2,3)11-7-9-14(10-8-11)13(4,5)6;1-11(2,3)13-7-9-14(10-8-13)12(4,5)6;1-11(2,3)10-7-8-13(9-10)12(4,5)6;1-11(2,3)9-7-10(8-9)12(4,5)6;1-10(2,3)9-7-12(8-9)11(4,5)6/h11H,7-10H2,1-6H3;7-10H2,1-6H3;11H,7-10H2,1-6H3;7-10H2,1-6H3;10H,7-9H2,1-6H3;9-10H,7-8H2,1-6H3;9H,7-8H2,1-6H3. The lowest BCUT2D eigenvalue weighted by molar-refractivity contribution is -0.167. The molecule has 1 unspecified atom stereocenters. The van der Waals surface area contributed by atoms with Gasteiger partial charge in [0.05, 0.1) is 0 Å². The molecule has 7 aliphatic heterocycles. The first kappa shape index (κ1) is 88.9. The van der Waals surface area contributed by atoms with E-state index in [-0.39, 0.29) is 0 Å². The van der Waals surface area contributed by atoms with E-state index in [1.54, 1.807) is 0 Å². The molecule has 95 heavy (non-hydrogen) atoms. The van der Waals surface area contributed by atoms with Gasteiger partial charge in [0.2, 0.25) is 0 Å². The van der Waals surface area contributed by atoms with Crippen molar-refractivity contribution >= 4 is 0 Å². The molecule has 2 aliphatic carbocycles. The molecule has 0 aromatic carbocycles. The second kappa shape index (κ2) is 31.2. The highest BCUT2D eigenvalue weighted by Gasteiger charge is 2.57. The molecule has 0 N–H and O–H groups in total. The van der Waals surface area contributed by atoms with Gasteiger partial charge in [-0.15, -0.1) is 0 Å². The van der Waals surface area contributed by atoms with E-state index in [0.717, 1.165) is 40.9 Å². The first-order valence-electron chi connectivity index (χ1n) is 39.8. The van der Waals surface area contributed by atoms with Crippen LogP contribution in [0.2, 0.25) is 0 Å². The third kappa shape index (κ3) is 27.7. The van der Waals surface area contributed by atoms with Crippen molar-refractivity contribution in [2.75, 3.05) is 105 Å². The fraction of sp³-hybridized carbons (Fsp3) is 1.00. The molecule has 0 bridgehead atoms. The van der Waals surface area contributed by atoms with Gasteiger partial charge in [-0.25, -0.2) is 0 Å². The Labute approximate surface area is 599 Å². The number of rotatable bonds is 0. The van der Waals surface area contributed by atoms with Gasteiger partial charge in [0.1, 0.15) is 0 Å². The summed E-state index contributed by atoms with van der Waals surface area (Å²) in [6.07, 6.45) is 9.98. The Morgan fingerprint density at radius 2 is 0.400 bits per heavy atom. The van der Waals surface area contributed by atoms with Crippen molar-refractivity contribution in [3.63, 3.8) is 0 Å². The van der Waals surface area contributed by atoms with E-state index < -0.39 is 0 Å². The summed E-state index contributed by atoms with van der Waals surface area (Å²) in [6, 6.07) is 0. The van der Waals surface area contributed by atoms with Crippen molar-refractivity contribution < 1.29 is 0 Å². The van der Waals surface area contributed by atoms with Crippen LogP contribution >= 0.6 is 0 Å². The molecular formula is C87H178N8. The molecule has 8 heteroatoms. The predicted molar refractivity (Wildman–Crippen MR) is 425 cm³/mol. The average molecular weight is 1340 g/mol. The molecular weight excluding hydrogens is 1160 g/mol. The van der Waals surface area contributed by atoms with Crippen LogP contribution in [0.25, 0.3) is 0 Å². The number of hydrogen-bond acceptors (Lipinski definition) is 8. The van der Waals surface area contributed by atoms with Crippen LogP contribution in [0.5, 0.6) is 0 Å². The summed E-state index contributed by atoms with van der Waals surface area (Å²) >= 11 is 0. The fourth-order valence-electron chi connectivity index (χ4n) is 15.9. The molecule has 2 spiro atoms. The van der Waals surface area contributed by atoms with Crippen LogP contribution in [-0.2, 0) is 0 Å². The Bertz CT molecular complexity index is 1910. The van der Waals surface area contributed by atoms with Crippen LogP contribution in [-0.4, -0.2) is 188 Å². The molecule has 9 rings (SSSR count). The van der Waals surface area contributed by atoms with Crippen molar-refractivity contribution in [3.05, 3.63) is 0 Å². The van der Waals surface area contributed by atoms with Crippen LogP contribution in [0.4, 0.5) is 0 Å². The maximum Gasteiger partial charge on any atom is 0.0213 e. The van der Waals surface area contributed by atoms with E-state index in [1.807, 2.05) is 0 Å². The van der Waals surface area contributed by atoms with E-state index in [2.05, 4.69) is 330 Å². The summed E-state index contributed by atoms with van der Waals surface area (Å²) in [5, 5.41) is 0. The van der Waals surface area contributed by atoms with E-state index in [9.17, 15) is 0 Å². The summed E-state index contributed by atoms with van der Waals surface area (Å²) in [4.78, 5) is 20.8. The van der Waals surface area contributed by atoms with Gasteiger partial charge in [-0.1, -0.05) is 125 Å². The molecule has 7 heterocycles. The molecule has 0 amide bonds. The van der Waals surface area contributed by atoms with Crippen molar-refractivity contribution in [2.45, 2.75) is 380 Å². The average Bonchev–Trinajstić information content (AvgIpc) is 3.76. The van der Waals surface area contributed by atoms with Gasteiger partial charge in [0, 0.05) is 135 Å². The number of hydrogen-bond donors (Lipinski definition) is 0. The Hall–Kier alpha value is -0.320. The lowest BCUT2D eigenvalue weighted by atomic mass is 9.51. The van der Waals surface area contributed by atoms with E-state index >= 15 is 0 Å². The van der Waals surface area contributed by atoms with E-state index in [0.29, 0.717) is 82.2 Å². The fourth-order valence-corrected chi connectivity index (χ4v) is 15.9. The zero-order chi connectivity index (χ0) is 74.3. The van der Waals surface area contributed by atoms with E-state index in [1.165, 1.54) is 150 Å². The molecule has 0 aromatic rings. The second-order valence-electron chi connectivity index (χ2n) is 47.9. The number of likely N-dealkylation sites (tertiary alicyclic amines) is 6. The molecule has 8 nitrogen and oxygen atoms in total. The van der Waals surface area contributed by atoms with Gasteiger partial charge >= 0.3 is 0 Å². The van der Waals surface area contributed by atoms with E-state index in [4.69, 9.17) is 0 Å². The number of nitrogens with zero attached hydrogens (tertiary/aromatic N) is 8. The molecule has 1 atom stereocenters. The number of piperidine rings is 1. The molecule has 566 valence electrons. The van der Waals surface area contributed by atoms with Crippen LogP contribution in [0.1, 0.15) is 336 Å². The summed E-state index contributed by atoms with van der Waals surface area (Å²) in [6.45, 7) is 119. The molecule has 2 saturated carbocycles. The first-order valence-corrected chi connectivity index (χ1v) is 39.8. The lowest BCUT2D eigenvalue weighted by Gasteiger charge is -2.66. The zero-order valence-electron chi connectivity index (χ0n) is 73.3. The topological polar surface area (TPSA) is 25.9 Å². The Balaban J connectivity index is 0.000000289. The minimum atomic E-state index is 0.337. The van der Waals surface area contributed by atoms with Gasteiger partial charge < -0.3 is 0 Å². The largest absolute Gasteiger partial charge is 0.298 e.